The van der Waals surface area contributed by atoms with Gasteiger partial charge >= 0.3 is 0 Å². The minimum absolute atomic E-state index is 0.731. The maximum Gasteiger partial charge on any atom is 0.135 e. The van der Waals surface area contributed by atoms with E-state index < -0.39 is 0 Å². The first kappa shape index (κ1) is 11.5. The molecule has 1 nitrogen and oxygen atoms in total. The summed E-state index contributed by atoms with van der Waals surface area (Å²) in [5, 5.41) is 0. The standard InChI is InChI=1S/C18H13O/c1-3-7-15(8-4-1)16-11-13-18(14-12-16)19-17-9-5-2-6-10-17/h1-9,11-14H. The first-order valence-electron chi connectivity index (χ1n) is 6.22. The van der Waals surface area contributed by atoms with Crippen molar-refractivity contribution >= 4 is 0 Å². The molecule has 0 heterocycles. The SMILES string of the molecule is [c]1ccccc1Oc1ccc(-c2ccccc2)cc1. The Morgan fingerprint density at radius 1 is 0.632 bits per heavy atom. The third-order valence-electron chi connectivity index (χ3n) is 2.87. The van der Waals surface area contributed by atoms with Gasteiger partial charge in [-0.05, 0) is 29.3 Å². The van der Waals surface area contributed by atoms with Crippen LogP contribution in [0.4, 0.5) is 0 Å². The Morgan fingerprint density at radius 2 is 1.32 bits per heavy atom. The zero-order valence-electron chi connectivity index (χ0n) is 10.4. The summed E-state index contributed by atoms with van der Waals surface area (Å²) in [6, 6.07) is 29.0. The van der Waals surface area contributed by atoms with E-state index in [1.54, 1.807) is 0 Å². The minimum Gasteiger partial charge on any atom is -0.457 e. The topological polar surface area (TPSA) is 9.23 Å². The Bertz CT molecular complexity index is 628. The zero-order valence-corrected chi connectivity index (χ0v) is 10.4. The van der Waals surface area contributed by atoms with Crippen LogP contribution in [0.1, 0.15) is 0 Å². The Morgan fingerprint density at radius 3 is 2.00 bits per heavy atom. The monoisotopic (exact) mass is 245 g/mol. The van der Waals surface area contributed by atoms with Crippen LogP contribution in [0, 0.1) is 6.07 Å². The predicted molar refractivity (Wildman–Crippen MR) is 77.2 cm³/mol. The highest BCUT2D eigenvalue weighted by atomic mass is 16.5. The highest BCUT2D eigenvalue weighted by Crippen LogP contribution is 2.25. The Labute approximate surface area is 113 Å². The van der Waals surface area contributed by atoms with Crippen LogP contribution < -0.4 is 4.74 Å². The van der Waals surface area contributed by atoms with Crippen LogP contribution in [0.2, 0.25) is 0 Å². The van der Waals surface area contributed by atoms with Gasteiger partial charge in [-0.3, -0.25) is 0 Å². The molecule has 3 rings (SSSR count). The molecule has 0 saturated heterocycles. The number of ether oxygens (including phenoxy) is 1. The summed E-state index contributed by atoms with van der Waals surface area (Å²) in [7, 11) is 0. The summed E-state index contributed by atoms with van der Waals surface area (Å²) in [5.41, 5.74) is 2.39. The van der Waals surface area contributed by atoms with Crippen molar-refractivity contribution in [1.29, 1.82) is 0 Å². The molecule has 0 aliphatic carbocycles. The molecular weight excluding hydrogens is 232 g/mol. The van der Waals surface area contributed by atoms with Crippen molar-refractivity contribution in [3.05, 3.63) is 84.9 Å². The zero-order chi connectivity index (χ0) is 12.9. The van der Waals surface area contributed by atoms with Crippen LogP contribution in [-0.4, -0.2) is 0 Å². The first-order valence-corrected chi connectivity index (χ1v) is 6.22. The van der Waals surface area contributed by atoms with Gasteiger partial charge in [-0.1, -0.05) is 60.7 Å². The molecule has 0 unspecified atom stereocenters. The van der Waals surface area contributed by atoms with Crippen molar-refractivity contribution in [3.8, 4) is 22.6 Å². The summed E-state index contributed by atoms with van der Waals surface area (Å²) >= 11 is 0. The fourth-order valence-electron chi connectivity index (χ4n) is 1.91. The molecule has 0 aliphatic rings. The Hall–Kier alpha value is -2.54. The van der Waals surface area contributed by atoms with Gasteiger partial charge in [0.25, 0.3) is 0 Å². The van der Waals surface area contributed by atoms with Crippen molar-refractivity contribution < 1.29 is 4.74 Å². The van der Waals surface area contributed by atoms with E-state index in [0.717, 1.165) is 11.5 Å². The average molecular weight is 245 g/mol. The van der Waals surface area contributed by atoms with E-state index in [1.807, 2.05) is 54.6 Å². The van der Waals surface area contributed by atoms with Crippen molar-refractivity contribution in [2.75, 3.05) is 0 Å². The van der Waals surface area contributed by atoms with Gasteiger partial charge < -0.3 is 4.74 Å². The van der Waals surface area contributed by atoms with Crippen LogP contribution in [0.25, 0.3) is 11.1 Å². The normalized spacial score (nSPS) is 10.1. The number of rotatable bonds is 3. The van der Waals surface area contributed by atoms with Crippen LogP contribution in [-0.2, 0) is 0 Å². The maximum atomic E-state index is 5.71. The highest BCUT2D eigenvalue weighted by molar-refractivity contribution is 5.64. The lowest BCUT2D eigenvalue weighted by Gasteiger charge is -2.06. The molecule has 1 radical (unpaired) electrons. The molecule has 0 amide bonds. The van der Waals surface area contributed by atoms with Gasteiger partial charge in [-0.25, -0.2) is 0 Å². The van der Waals surface area contributed by atoms with Crippen LogP contribution in [0.3, 0.4) is 0 Å². The summed E-state index contributed by atoms with van der Waals surface area (Å²) in [5.74, 6) is 1.55. The summed E-state index contributed by atoms with van der Waals surface area (Å²) in [6.07, 6.45) is 0. The summed E-state index contributed by atoms with van der Waals surface area (Å²) in [4.78, 5) is 0. The summed E-state index contributed by atoms with van der Waals surface area (Å²) in [6.45, 7) is 0. The molecule has 0 saturated carbocycles. The second-order valence-corrected chi connectivity index (χ2v) is 4.22. The van der Waals surface area contributed by atoms with Crippen molar-refractivity contribution in [2.24, 2.45) is 0 Å². The predicted octanol–water partition coefficient (Wildman–Crippen LogP) is 4.95. The van der Waals surface area contributed by atoms with Crippen molar-refractivity contribution in [2.45, 2.75) is 0 Å². The summed E-state index contributed by atoms with van der Waals surface area (Å²) < 4.78 is 5.71. The van der Waals surface area contributed by atoms with E-state index in [1.165, 1.54) is 11.1 Å². The van der Waals surface area contributed by atoms with E-state index in [0.29, 0.717) is 0 Å². The van der Waals surface area contributed by atoms with E-state index in [9.17, 15) is 0 Å². The lowest BCUT2D eigenvalue weighted by Crippen LogP contribution is -1.84. The van der Waals surface area contributed by atoms with Crippen molar-refractivity contribution in [1.82, 2.24) is 0 Å². The molecule has 0 atom stereocenters. The largest absolute Gasteiger partial charge is 0.457 e. The minimum atomic E-state index is 0.731. The van der Waals surface area contributed by atoms with Gasteiger partial charge in [0.1, 0.15) is 11.5 Å². The third-order valence-corrected chi connectivity index (χ3v) is 2.87. The molecular formula is C18H13O. The fourth-order valence-corrected chi connectivity index (χ4v) is 1.91. The fraction of sp³-hybridized carbons (Fsp3) is 0. The lowest BCUT2D eigenvalue weighted by molar-refractivity contribution is 0.482. The van der Waals surface area contributed by atoms with Crippen LogP contribution in [0.15, 0.2) is 78.9 Å². The maximum absolute atomic E-state index is 5.71. The van der Waals surface area contributed by atoms with Gasteiger partial charge in [0, 0.05) is 6.07 Å². The van der Waals surface area contributed by atoms with Crippen molar-refractivity contribution in [3.63, 3.8) is 0 Å². The Balaban J connectivity index is 1.80. The number of hydrogen-bond acceptors (Lipinski definition) is 1. The van der Waals surface area contributed by atoms with Gasteiger partial charge in [0.2, 0.25) is 0 Å². The van der Waals surface area contributed by atoms with E-state index in [-0.39, 0.29) is 0 Å². The smallest absolute Gasteiger partial charge is 0.135 e. The molecule has 0 bridgehead atoms. The first-order chi connectivity index (χ1) is 9.42. The number of benzene rings is 3. The van der Waals surface area contributed by atoms with Gasteiger partial charge in [-0.2, -0.15) is 0 Å². The number of para-hydroxylation sites is 1. The molecule has 1 heteroatoms. The molecule has 3 aromatic carbocycles. The molecule has 0 spiro atoms. The quantitative estimate of drug-likeness (QED) is 0.634. The van der Waals surface area contributed by atoms with Gasteiger partial charge in [0.15, 0.2) is 0 Å². The second kappa shape index (κ2) is 5.40. The second-order valence-electron chi connectivity index (χ2n) is 4.22. The molecule has 19 heavy (non-hydrogen) atoms. The van der Waals surface area contributed by atoms with Gasteiger partial charge in [0.05, 0.1) is 0 Å². The third kappa shape index (κ3) is 2.83. The van der Waals surface area contributed by atoms with Gasteiger partial charge in [-0.15, -0.1) is 0 Å². The lowest BCUT2D eigenvalue weighted by atomic mass is 10.1. The van der Waals surface area contributed by atoms with Crippen LogP contribution in [0.5, 0.6) is 11.5 Å². The Kier molecular flexibility index (Phi) is 3.28. The molecule has 0 aromatic heterocycles. The molecule has 91 valence electrons. The molecule has 0 aliphatic heterocycles. The number of hydrogen-bond donors (Lipinski definition) is 0. The van der Waals surface area contributed by atoms with Crippen LogP contribution >= 0.6 is 0 Å². The van der Waals surface area contributed by atoms with E-state index in [2.05, 4.69) is 30.3 Å². The molecule has 0 fully saturated rings. The highest BCUT2D eigenvalue weighted by Gasteiger charge is 1.99. The molecule has 3 aromatic rings. The average Bonchev–Trinajstić information content (AvgIpc) is 2.50. The molecule has 0 N–H and O–H groups in total. The van der Waals surface area contributed by atoms with E-state index in [4.69, 9.17) is 4.74 Å². The van der Waals surface area contributed by atoms with E-state index >= 15 is 0 Å².